The van der Waals surface area contributed by atoms with E-state index in [1.165, 1.54) is 0 Å². The summed E-state index contributed by atoms with van der Waals surface area (Å²) in [6.07, 6.45) is 3.32. The molecule has 1 fully saturated rings. The van der Waals surface area contributed by atoms with Gasteiger partial charge >= 0.3 is 6.03 Å². The number of hydrogen-bond donors (Lipinski definition) is 1. The van der Waals surface area contributed by atoms with Crippen molar-refractivity contribution < 1.29 is 4.79 Å². The number of nitrogens with two attached hydrogens (primary N) is 1. The maximum Gasteiger partial charge on any atom is 0.315 e. The molecule has 3 nitrogen and oxygen atoms in total. The van der Waals surface area contributed by atoms with E-state index in [1.807, 2.05) is 0 Å². The summed E-state index contributed by atoms with van der Waals surface area (Å²) in [6.45, 7) is 5.21. The number of likely N-dealkylation sites (tertiary alicyclic amines) is 1. The molecule has 0 bridgehead atoms. The Morgan fingerprint density at radius 2 is 2.33 bits per heavy atom. The molecule has 2 amide bonds. The molecule has 1 aliphatic heterocycles. The molecule has 0 saturated carbocycles. The topological polar surface area (TPSA) is 46.3 Å². The van der Waals surface area contributed by atoms with Crippen LogP contribution in [-0.4, -0.2) is 23.5 Å². The van der Waals surface area contributed by atoms with E-state index < -0.39 is 0 Å². The summed E-state index contributed by atoms with van der Waals surface area (Å²) in [5.41, 5.74) is 5.25. The molecule has 1 atom stereocenters. The molecule has 0 aliphatic carbocycles. The predicted octanol–water partition coefficient (Wildman–Crippen LogP) is 1.58. The Morgan fingerprint density at radius 3 is 2.83 bits per heavy atom. The molecule has 1 rings (SSSR count). The van der Waals surface area contributed by atoms with Gasteiger partial charge in [-0.1, -0.05) is 13.8 Å². The van der Waals surface area contributed by atoms with Crippen molar-refractivity contribution in [3.05, 3.63) is 0 Å². The Labute approximate surface area is 73.9 Å². The Hall–Kier alpha value is -0.730. The highest BCUT2D eigenvalue weighted by Gasteiger charge is 2.27. The van der Waals surface area contributed by atoms with Gasteiger partial charge in [0.2, 0.25) is 0 Å². The van der Waals surface area contributed by atoms with Crippen LogP contribution in [0.4, 0.5) is 4.79 Å². The molecule has 3 heteroatoms. The minimum atomic E-state index is -0.252. The van der Waals surface area contributed by atoms with Crippen LogP contribution in [0, 0.1) is 5.92 Å². The second kappa shape index (κ2) is 3.78. The molecule has 1 aliphatic rings. The van der Waals surface area contributed by atoms with Gasteiger partial charge in [-0.2, -0.15) is 0 Å². The van der Waals surface area contributed by atoms with Crippen molar-refractivity contribution in [2.45, 2.75) is 39.2 Å². The molecule has 0 spiro atoms. The lowest BCUT2D eigenvalue weighted by molar-refractivity contribution is 0.195. The van der Waals surface area contributed by atoms with Crippen LogP contribution < -0.4 is 5.73 Å². The van der Waals surface area contributed by atoms with Gasteiger partial charge in [-0.3, -0.25) is 0 Å². The normalized spacial score (nSPS) is 23.6. The first-order chi connectivity index (χ1) is 5.61. The molecule has 2 N–H and O–H groups in total. The Balaban J connectivity index is 2.46. The molecule has 12 heavy (non-hydrogen) atoms. The van der Waals surface area contributed by atoms with Crippen molar-refractivity contribution in [1.29, 1.82) is 0 Å². The van der Waals surface area contributed by atoms with E-state index in [0.717, 1.165) is 25.8 Å². The average Bonchev–Trinajstić information content (AvgIpc) is 2.33. The van der Waals surface area contributed by atoms with E-state index in [-0.39, 0.29) is 6.03 Å². The van der Waals surface area contributed by atoms with Gasteiger partial charge in [0.05, 0.1) is 0 Å². The average molecular weight is 170 g/mol. The first kappa shape index (κ1) is 9.36. The molecule has 1 unspecified atom stereocenters. The third-order valence-electron chi connectivity index (χ3n) is 2.40. The summed E-state index contributed by atoms with van der Waals surface area (Å²) < 4.78 is 0. The summed E-state index contributed by atoms with van der Waals surface area (Å²) >= 11 is 0. The van der Waals surface area contributed by atoms with Crippen LogP contribution in [-0.2, 0) is 0 Å². The molecule has 0 aromatic rings. The van der Waals surface area contributed by atoms with Crippen molar-refractivity contribution in [2.75, 3.05) is 6.54 Å². The molecule has 0 radical (unpaired) electrons. The van der Waals surface area contributed by atoms with E-state index in [0.29, 0.717) is 12.0 Å². The van der Waals surface area contributed by atoms with E-state index in [2.05, 4.69) is 13.8 Å². The Morgan fingerprint density at radius 1 is 1.67 bits per heavy atom. The highest BCUT2D eigenvalue weighted by atomic mass is 16.2. The number of rotatable bonds is 2. The zero-order chi connectivity index (χ0) is 9.14. The lowest BCUT2D eigenvalue weighted by Gasteiger charge is -2.23. The minimum Gasteiger partial charge on any atom is -0.351 e. The maximum absolute atomic E-state index is 10.9. The molecule has 70 valence electrons. The van der Waals surface area contributed by atoms with Gasteiger partial charge in [-0.25, -0.2) is 4.79 Å². The fourth-order valence-corrected chi connectivity index (χ4v) is 1.92. The highest BCUT2D eigenvalue weighted by molar-refractivity contribution is 5.72. The van der Waals surface area contributed by atoms with Crippen LogP contribution in [0.25, 0.3) is 0 Å². The second-order valence-corrected chi connectivity index (χ2v) is 3.96. The summed E-state index contributed by atoms with van der Waals surface area (Å²) in [5.74, 6) is 0.648. The van der Waals surface area contributed by atoms with Gasteiger partial charge < -0.3 is 10.6 Å². The van der Waals surface area contributed by atoms with Crippen molar-refractivity contribution in [2.24, 2.45) is 11.7 Å². The van der Waals surface area contributed by atoms with Gasteiger partial charge in [0.25, 0.3) is 0 Å². The zero-order valence-electron chi connectivity index (χ0n) is 7.92. The van der Waals surface area contributed by atoms with Crippen LogP contribution in [0.2, 0.25) is 0 Å². The molecule has 0 aromatic heterocycles. The van der Waals surface area contributed by atoms with Crippen molar-refractivity contribution in [1.82, 2.24) is 4.90 Å². The first-order valence-corrected chi connectivity index (χ1v) is 4.67. The fraction of sp³-hybridized carbons (Fsp3) is 0.889. The van der Waals surface area contributed by atoms with Crippen molar-refractivity contribution in [3.8, 4) is 0 Å². The number of hydrogen-bond acceptors (Lipinski definition) is 1. The molecule has 0 aromatic carbocycles. The number of amides is 2. The van der Waals surface area contributed by atoms with Crippen LogP contribution >= 0.6 is 0 Å². The summed E-state index contributed by atoms with van der Waals surface area (Å²) in [6, 6.07) is 0.153. The summed E-state index contributed by atoms with van der Waals surface area (Å²) in [4.78, 5) is 12.7. The van der Waals surface area contributed by atoms with E-state index >= 15 is 0 Å². The van der Waals surface area contributed by atoms with Gasteiger partial charge in [0.1, 0.15) is 0 Å². The molecular formula is C9H18N2O. The van der Waals surface area contributed by atoms with Crippen LogP contribution in [0.5, 0.6) is 0 Å². The lowest BCUT2D eigenvalue weighted by Crippen LogP contribution is -2.39. The van der Waals surface area contributed by atoms with E-state index in [4.69, 9.17) is 5.73 Å². The third-order valence-corrected chi connectivity index (χ3v) is 2.40. The number of urea groups is 1. The highest BCUT2D eigenvalue weighted by Crippen LogP contribution is 2.22. The Kier molecular flexibility index (Phi) is 2.95. The molecule has 1 heterocycles. The lowest BCUT2D eigenvalue weighted by atomic mass is 10.0. The molecular weight excluding hydrogens is 152 g/mol. The third kappa shape index (κ3) is 2.13. The van der Waals surface area contributed by atoms with E-state index in [1.54, 1.807) is 4.90 Å². The van der Waals surface area contributed by atoms with Crippen LogP contribution in [0.1, 0.15) is 33.1 Å². The smallest absolute Gasteiger partial charge is 0.315 e. The van der Waals surface area contributed by atoms with E-state index in [9.17, 15) is 4.79 Å². The monoisotopic (exact) mass is 170 g/mol. The van der Waals surface area contributed by atoms with Crippen LogP contribution in [0.15, 0.2) is 0 Å². The number of primary amides is 1. The second-order valence-electron chi connectivity index (χ2n) is 3.96. The summed E-state index contributed by atoms with van der Waals surface area (Å²) in [5, 5.41) is 0. The number of carbonyl (C=O) groups is 1. The zero-order valence-corrected chi connectivity index (χ0v) is 7.92. The van der Waals surface area contributed by atoms with Gasteiger partial charge in [-0.05, 0) is 25.2 Å². The maximum atomic E-state index is 10.9. The van der Waals surface area contributed by atoms with Gasteiger partial charge in [0.15, 0.2) is 0 Å². The first-order valence-electron chi connectivity index (χ1n) is 4.67. The van der Waals surface area contributed by atoms with Crippen molar-refractivity contribution in [3.63, 3.8) is 0 Å². The largest absolute Gasteiger partial charge is 0.351 e. The standard InChI is InChI=1S/C9H18N2O/c1-7(2)6-8-4-3-5-11(8)9(10)12/h7-8H,3-6H2,1-2H3,(H2,10,12). The number of nitrogens with zero attached hydrogens (tertiary/aromatic N) is 1. The Bertz CT molecular complexity index is 168. The number of carbonyl (C=O) groups excluding carboxylic acids is 1. The SMILES string of the molecule is CC(C)CC1CCCN1C(N)=O. The van der Waals surface area contributed by atoms with Gasteiger partial charge in [-0.15, -0.1) is 0 Å². The minimum absolute atomic E-state index is 0.252. The summed E-state index contributed by atoms with van der Waals surface area (Å²) in [7, 11) is 0. The van der Waals surface area contributed by atoms with Crippen LogP contribution in [0.3, 0.4) is 0 Å². The fourth-order valence-electron chi connectivity index (χ4n) is 1.92. The molecule has 1 saturated heterocycles. The predicted molar refractivity (Wildman–Crippen MR) is 48.8 cm³/mol. The van der Waals surface area contributed by atoms with Crippen molar-refractivity contribution >= 4 is 6.03 Å². The van der Waals surface area contributed by atoms with Gasteiger partial charge in [0, 0.05) is 12.6 Å². The quantitative estimate of drug-likeness (QED) is 0.672.